The van der Waals surface area contributed by atoms with Crippen molar-refractivity contribution in [2.45, 2.75) is 45.3 Å². The van der Waals surface area contributed by atoms with Crippen LogP contribution in [-0.4, -0.2) is 86.2 Å². The third-order valence-electron chi connectivity index (χ3n) is 7.26. The number of methoxy groups -OCH3 is 2. The summed E-state index contributed by atoms with van der Waals surface area (Å²) in [5, 5.41) is 12.5. The number of likely N-dealkylation sites (tertiary alicyclic amines) is 1. The summed E-state index contributed by atoms with van der Waals surface area (Å²) < 4.78 is 10.4. The van der Waals surface area contributed by atoms with Gasteiger partial charge in [0.15, 0.2) is 6.29 Å². The number of rotatable bonds is 11. The van der Waals surface area contributed by atoms with Crippen LogP contribution in [0.3, 0.4) is 0 Å². The maximum absolute atomic E-state index is 13.4. The van der Waals surface area contributed by atoms with Gasteiger partial charge in [-0.25, -0.2) is 14.8 Å². The van der Waals surface area contributed by atoms with Gasteiger partial charge in [-0.1, -0.05) is 0 Å². The number of nitrogens with zero attached hydrogens (tertiary/aromatic N) is 6. The maximum atomic E-state index is 13.4. The molecule has 212 valence electrons. The van der Waals surface area contributed by atoms with Crippen molar-refractivity contribution in [1.29, 1.82) is 5.26 Å². The van der Waals surface area contributed by atoms with Gasteiger partial charge in [-0.05, 0) is 37.8 Å². The van der Waals surface area contributed by atoms with Gasteiger partial charge in [-0.3, -0.25) is 19.8 Å². The number of anilines is 3. The first kappa shape index (κ1) is 28.9. The predicted molar refractivity (Wildman–Crippen MR) is 148 cm³/mol. The molecular weight excluding hydrogens is 514 g/mol. The van der Waals surface area contributed by atoms with Gasteiger partial charge in [0.1, 0.15) is 29.5 Å². The zero-order valence-electron chi connectivity index (χ0n) is 23.2. The number of aryl methyl sites for hydroxylation is 1. The van der Waals surface area contributed by atoms with E-state index in [2.05, 4.69) is 21.4 Å². The lowest BCUT2D eigenvalue weighted by Crippen LogP contribution is -2.40. The van der Waals surface area contributed by atoms with Crippen LogP contribution in [0.2, 0.25) is 0 Å². The fraction of sp³-hybridized carbons (Fsp3) is 0.500. The summed E-state index contributed by atoms with van der Waals surface area (Å²) in [4.78, 5) is 52.0. The van der Waals surface area contributed by atoms with Crippen LogP contribution in [0.15, 0.2) is 18.3 Å². The Hall–Kier alpha value is -4.08. The van der Waals surface area contributed by atoms with E-state index in [9.17, 15) is 19.6 Å². The first-order valence-electron chi connectivity index (χ1n) is 13.5. The number of hydrogen-bond acceptors (Lipinski definition) is 9. The average Bonchev–Trinajstić information content (AvgIpc) is 3.33. The topological polar surface area (TPSA) is 141 Å². The first-order valence-corrected chi connectivity index (χ1v) is 13.5. The highest BCUT2D eigenvalue weighted by Gasteiger charge is 2.33. The number of carbonyl (C=O) groups is 3. The number of fused-ring (bicyclic) bond motifs is 1. The monoisotopic (exact) mass is 549 g/mol. The molecule has 0 aromatic carbocycles. The summed E-state index contributed by atoms with van der Waals surface area (Å²) in [6.45, 7) is 5.18. The fourth-order valence-electron chi connectivity index (χ4n) is 5.16. The first-order chi connectivity index (χ1) is 19.4. The average molecular weight is 550 g/mol. The zero-order chi connectivity index (χ0) is 28.6. The van der Waals surface area contributed by atoms with E-state index in [4.69, 9.17) is 9.47 Å². The van der Waals surface area contributed by atoms with Gasteiger partial charge < -0.3 is 19.3 Å². The smallest absolute Gasteiger partial charge is 0.328 e. The van der Waals surface area contributed by atoms with E-state index >= 15 is 0 Å². The quantitative estimate of drug-likeness (QED) is 0.331. The molecule has 1 atom stereocenters. The normalized spacial score (nSPS) is 16.4. The zero-order valence-corrected chi connectivity index (χ0v) is 23.2. The van der Waals surface area contributed by atoms with Crippen molar-refractivity contribution in [3.05, 3.63) is 40.7 Å². The van der Waals surface area contributed by atoms with Crippen LogP contribution in [0.4, 0.5) is 22.1 Å². The Bertz CT molecular complexity index is 1290. The van der Waals surface area contributed by atoms with Crippen molar-refractivity contribution in [2.75, 3.05) is 62.1 Å². The summed E-state index contributed by atoms with van der Waals surface area (Å²) in [6, 6.07) is 5.32. The lowest BCUT2D eigenvalue weighted by Gasteiger charge is -2.30. The number of pyridine rings is 2. The van der Waals surface area contributed by atoms with Crippen LogP contribution in [0.25, 0.3) is 0 Å². The minimum Gasteiger partial charge on any atom is -0.385 e. The molecule has 0 spiro atoms. The third kappa shape index (κ3) is 6.21. The van der Waals surface area contributed by atoms with Crippen LogP contribution in [0.1, 0.15) is 53.4 Å². The number of amides is 3. The standard InChI is InChI=1S/C28H35N7O5/c1-4-33(9-6-12-39-2)23-14-25(30-16-21(23)15-29)32-28(38)35-10-5-7-19-13-20(22(18-36)31-26(19)35)17-34-11-8-24(40-3)27(34)37/h13-14,16,18,24H,4-12,17H2,1-3H3,(H,30,32,38). The van der Waals surface area contributed by atoms with Gasteiger partial charge in [0.25, 0.3) is 5.91 Å². The minimum absolute atomic E-state index is 0.104. The SMILES string of the molecule is CCN(CCCOC)c1cc(NC(=O)N2CCCc3cc(CN4CCC(OC)C4=O)c(C=O)nc32)ncc1C#N. The van der Waals surface area contributed by atoms with E-state index in [0.29, 0.717) is 86.8 Å². The predicted octanol–water partition coefficient (Wildman–Crippen LogP) is 2.76. The van der Waals surface area contributed by atoms with E-state index in [1.165, 1.54) is 18.2 Å². The van der Waals surface area contributed by atoms with E-state index < -0.39 is 12.1 Å². The summed E-state index contributed by atoms with van der Waals surface area (Å²) in [7, 11) is 3.16. The Morgan fingerprint density at radius 3 is 2.83 bits per heavy atom. The molecule has 4 heterocycles. The molecule has 1 unspecified atom stereocenters. The number of aldehydes is 1. The Morgan fingerprint density at radius 1 is 1.32 bits per heavy atom. The molecule has 2 aromatic heterocycles. The molecule has 0 aliphatic carbocycles. The lowest BCUT2D eigenvalue weighted by atomic mass is 10.0. The van der Waals surface area contributed by atoms with E-state index in [1.807, 2.05) is 17.9 Å². The number of nitrogens with one attached hydrogen (secondary N) is 1. The molecule has 1 fully saturated rings. The molecule has 4 rings (SSSR count). The number of hydrogen-bond donors (Lipinski definition) is 1. The van der Waals surface area contributed by atoms with Crippen LogP contribution >= 0.6 is 0 Å². The number of ether oxygens (including phenoxy) is 2. The minimum atomic E-state index is -0.462. The van der Waals surface area contributed by atoms with Gasteiger partial charge in [0.05, 0.1) is 11.3 Å². The molecule has 0 bridgehead atoms. The largest absolute Gasteiger partial charge is 0.385 e. The highest BCUT2D eigenvalue weighted by Crippen LogP contribution is 2.30. The summed E-state index contributed by atoms with van der Waals surface area (Å²) in [5.41, 5.74) is 2.77. The van der Waals surface area contributed by atoms with Gasteiger partial charge in [-0.15, -0.1) is 0 Å². The molecule has 1 N–H and O–H groups in total. The van der Waals surface area contributed by atoms with Crippen molar-refractivity contribution < 1.29 is 23.9 Å². The Balaban J connectivity index is 1.55. The van der Waals surface area contributed by atoms with E-state index in [0.717, 1.165) is 12.0 Å². The molecule has 12 nitrogen and oxygen atoms in total. The second-order valence-electron chi connectivity index (χ2n) is 9.72. The number of urea groups is 1. The highest BCUT2D eigenvalue weighted by molar-refractivity contribution is 6.02. The Kier molecular flexibility index (Phi) is 9.63. The number of carbonyl (C=O) groups excluding carboxylic acids is 3. The second-order valence-corrected chi connectivity index (χ2v) is 9.72. The van der Waals surface area contributed by atoms with Crippen molar-refractivity contribution >= 4 is 35.5 Å². The molecule has 0 saturated carbocycles. The molecular formula is C28H35N7O5. The number of nitriles is 1. The van der Waals surface area contributed by atoms with Gasteiger partial charge in [0, 0.05) is 77.8 Å². The van der Waals surface area contributed by atoms with Crippen molar-refractivity contribution in [1.82, 2.24) is 14.9 Å². The van der Waals surface area contributed by atoms with E-state index in [-0.39, 0.29) is 18.1 Å². The summed E-state index contributed by atoms with van der Waals surface area (Å²) >= 11 is 0. The van der Waals surface area contributed by atoms with Gasteiger partial charge >= 0.3 is 6.03 Å². The molecule has 2 aromatic rings. The molecule has 12 heteroatoms. The maximum Gasteiger partial charge on any atom is 0.328 e. The summed E-state index contributed by atoms with van der Waals surface area (Å²) in [5.74, 6) is 0.622. The second kappa shape index (κ2) is 13.3. The van der Waals surface area contributed by atoms with Crippen molar-refractivity contribution in [3.63, 3.8) is 0 Å². The molecule has 2 aliphatic rings. The molecule has 1 saturated heterocycles. The Morgan fingerprint density at radius 2 is 2.15 bits per heavy atom. The lowest BCUT2D eigenvalue weighted by molar-refractivity contribution is -0.136. The molecule has 3 amide bonds. The van der Waals surface area contributed by atoms with Gasteiger partial charge in [0.2, 0.25) is 0 Å². The third-order valence-corrected chi connectivity index (χ3v) is 7.26. The van der Waals surface area contributed by atoms with Crippen LogP contribution < -0.4 is 15.1 Å². The molecule has 40 heavy (non-hydrogen) atoms. The Labute approximate surface area is 233 Å². The fourth-order valence-corrected chi connectivity index (χ4v) is 5.16. The molecule has 0 radical (unpaired) electrons. The number of aromatic nitrogens is 2. The van der Waals surface area contributed by atoms with Gasteiger partial charge in [-0.2, -0.15) is 5.26 Å². The van der Waals surface area contributed by atoms with Crippen LogP contribution in [0, 0.1) is 11.3 Å². The van der Waals surface area contributed by atoms with Crippen molar-refractivity contribution in [2.24, 2.45) is 0 Å². The van der Waals surface area contributed by atoms with Crippen LogP contribution in [0.5, 0.6) is 0 Å². The van der Waals surface area contributed by atoms with Crippen molar-refractivity contribution in [3.8, 4) is 6.07 Å². The van der Waals surface area contributed by atoms with E-state index in [1.54, 1.807) is 18.1 Å². The highest BCUT2D eigenvalue weighted by atomic mass is 16.5. The summed E-state index contributed by atoms with van der Waals surface area (Å²) in [6.07, 6.45) is 4.45. The molecule has 2 aliphatic heterocycles. The van der Waals surface area contributed by atoms with Crippen LogP contribution in [-0.2, 0) is 27.2 Å².